The number of halogens is 3. The second kappa shape index (κ2) is 8.33. The van der Waals surface area contributed by atoms with Crippen molar-refractivity contribution in [2.75, 3.05) is 13.1 Å². The Kier molecular flexibility index (Phi) is 6.20. The van der Waals surface area contributed by atoms with Crippen molar-refractivity contribution in [3.05, 3.63) is 29.8 Å². The first kappa shape index (κ1) is 21.6. The number of nitrogens with zero attached hydrogens (tertiary/aromatic N) is 2. The van der Waals surface area contributed by atoms with Crippen LogP contribution in [-0.4, -0.2) is 52.4 Å². The average Bonchev–Trinajstić information content (AvgIpc) is 3.11. The molecule has 2 aliphatic heterocycles. The first-order chi connectivity index (χ1) is 13.6. The highest BCUT2D eigenvalue weighted by atomic mass is 32.2. The number of likely N-dealkylation sites (tertiary alicyclic amines) is 1. The zero-order valence-corrected chi connectivity index (χ0v) is 16.3. The van der Waals surface area contributed by atoms with Gasteiger partial charge >= 0.3 is 5.51 Å². The number of alkyl halides is 3. The summed E-state index contributed by atoms with van der Waals surface area (Å²) >= 11 is -0.241. The first-order valence-corrected chi connectivity index (χ1v) is 9.86. The van der Waals surface area contributed by atoms with Crippen LogP contribution in [0.1, 0.15) is 31.4 Å². The van der Waals surface area contributed by atoms with E-state index >= 15 is 0 Å². The maximum absolute atomic E-state index is 12.9. The number of carbonyl (C=O) groups excluding carboxylic acids is 3. The van der Waals surface area contributed by atoms with Crippen molar-refractivity contribution in [1.82, 2.24) is 9.96 Å². The van der Waals surface area contributed by atoms with Crippen LogP contribution >= 0.6 is 11.8 Å². The highest BCUT2D eigenvalue weighted by Crippen LogP contribution is 2.45. The lowest BCUT2D eigenvalue weighted by molar-refractivity contribution is -0.180. The summed E-state index contributed by atoms with van der Waals surface area (Å²) in [5.74, 6) is -2.24. The van der Waals surface area contributed by atoms with Gasteiger partial charge in [-0.2, -0.15) is 18.2 Å². The molecule has 1 aromatic rings. The Morgan fingerprint density at radius 3 is 2.38 bits per heavy atom. The number of fused-ring (bicyclic) bond motifs is 1. The Balaban J connectivity index is 1.89. The number of hydrogen-bond donors (Lipinski definition) is 1. The number of imide groups is 1. The van der Waals surface area contributed by atoms with Crippen LogP contribution in [-0.2, 0) is 19.2 Å². The molecule has 1 aromatic carbocycles. The number of benzene rings is 1. The van der Waals surface area contributed by atoms with Crippen LogP contribution in [0.3, 0.4) is 0 Å². The number of rotatable bonds is 7. The van der Waals surface area contributed by atoms with Gasteiger partial charge in [-0.15, -0.1) is 0 Å². The van der Waals surface area contributed by atoms with Crippen LogP contribution in [0.25, 0.3) is 0 Å². The summed E-state index contributed by atoms with van der Waals surface area (Å²) in [6, 6.07) is 4.85. The van der Waals surface area contributed by atoms with Crippen molar-refractivity contribution < 1.29 is 32.4 Å². The lowest BCUT2D eigenvalue weighted by atomic mass is 9.91. The third-order valence-electron chi connectivity index (χ3n) is 4.77. The topological polar surface area (TPSA) is 92.9 Å². The molecule has 2 saturated heterocycles. The molecular weight excluding hydrogens is 411 g/mol. The van der Waals surface area contributed by atoms with Crippen LogP contribution < -0.4 is 5.73 Å². The number of carbonyl (C=O) groups is 3. The fourth-order valence-electron chi connectivity index (χ4n) is 3.62. The Hall–Kier alpha value is -2.11. The lowest BCUT2D eigenvalue weighted by Crippen LogP contribution is -2.38. The van der Waals surface area contributed by atoms with Crippen molar-refractivity contribution in [1.29, 1.82) is 0 Å². The van der Waals surface area contributed by atoms with E-state index in [0.717, 1.165) is 4.90 Å². The fraction of sp³-hybridized carbons (Fsp3) is 0.500. The molecular formula is C18H20F3N3O4S. The van der Waals surface area contributed by atoms with E-state index in [1.54, 1.807) is 0 Å². The molecule has 0 spiro atoms. The Labute approximate surface area is 169 Å². The lowest BCUT2D eigenvalue weighted by Gasteiger charge is -2.27. The Morgan fingerprint density at radius 1 is 1.17 bits per heavy atom. The zero-order chi connectivity index (χ0) is 21.3. The van der Waals surface area contributed by atoms with E-state index < -0.39 is 35.4 Å². The van der Waals surface area contributed by atoms with E-state index in [-0.39, 0.29) is 42.1 Å². The van der Waals surface area contributed by atoms with Crippen molar-refractivity contribution >= 4 is 29.5 Å². The summed E-state index contributed by atoms with van der Waals surface area (Å²) in [4.78, 5) is 43.5. The summed E-state index contributed by atoms with van der Waals surface area (Å²) < 4.78 is 37.7. The summed E-state index contributed by atoms with van der Waals surface area (Å²) in [5.41, 5.74) is 1.30. The van der Waals surface area contributed by atoms with Crippen LogP contribution in [0.2, 0.25) is 0 Å². The van der Waals surface area contributed by atoms with E-state index in [2.05, 4.69) is 0 Å². The minimum atomic E-state index is -4.41. The predicted molar refractivity (Wildman–Crippen MR) is 97.0 cm³/mol. The number of amides is 3. The van der Waals surface area contributed by atoms with E-state index in [1.165, 1.54) is 29.3 Å². The number of primary amides is 1. The van der Waals surface area contributed by atoms with Crippen molar-refractivity contribution in [2.24, 2.45) is 11.7 Å². The standard InChI is InChI=1S/C18H20F3N3O4S/c1-2-8-23-16(26)13-14(10-3-5-11(6-4-10)29-18(19,20)21)24(9-7-12(22)25)28-15(13)17(23)27/h3-6,13-15H,2,7-9H2,1H3,(H2,22,25). The molecule has 0 bridgehead atoms. The van der Waals surface area contributed by atoms with Crippen LogP contribution in [0.15, 0.2) is 29.2 Å². The van der Waals surface area contributed by atoms with Gasteiger partial charge in [0.2, 0.25) is 11.8 Å². The van der Waals surface area contributed by atoms with E-state index in [1.807, 2.05) is 6.92 Å². The summed E-state index contributed by atoms with van der Waals surface area (Å²) in [6.45, 7) is 2.16. The van der Waals surface area contributed by atoms with E-state index in [0.29, 0.717) is 12.0 Å². The fourth-order valence-corrected chi connectivity index (χ4v) is 4.16. The maximum atomic E-state index is 12.9. The molecule has 0 aliphatic carbocycles. The van der Waals surface area contributed by atoms with Crippen molar-refractivity contribution in [3.63, 3.8) is 0 Å². The van der Waals surface area contributed by atoms with Gasteiger partial charge in [0.25, 0.3) is 5.91 Å². The van der Waals surface area contributed by atoms with E-state index in [9.17, 15) is 27.6 Å². The molecule has 3 rings (SSSR count). The quantitative estimate of drug-likeness (QED) is 0.526. The number of nitrogens with two attached hydrogens (primary N) is 1. The molecule has 2 N–H and O–H groups in total. The minimum Gasteiger partial charge on any atom is -0.370 e. The minimum absolute atomic E-state index is 0.00170. The molecule has 3 amide bonds. The molecule has 3 atom stereocenters. The summed E-state index contributed by atoms with van der Waals surface area (Å²) in [7, 11) is 0. The SMILES string of the molecule is CCCN1C(=O)C2ON(CCC(N)=O)C(c3ccc(SC(F)(F)F)cc3)C2C1=O. The third kappa shape index (κ3) is 4.57. The Bertz CT molecular complexity index is 803. The van der Waals surface area contributed by atoms with E-state index in [4.69, 9.17) is 10.6 Å². The van der Waals surface area contributed by atoms with Crippen molar-refractivity contribution in [3.8, 4) is 0 Å². The average molecular weight is 431 g/mol. The molecule has 29 heavy (non-hydrogen) atoms. The van der Waals surface area contributed by atoms with Gasteiger partial charge in [-0.3, -0.25) is 24.1 Å². The number of hydroxylamine groups is 2. The maximum Gasteiger partial charge on any atom is 0.446 e. The molecule has 11 heteroatoms. The smallest absolute Gasteiger partial charge is 0.370 e. The number of hydrogen-bond acceptors (Lipinski definition) is 6. The molecule has 2 aliphatic rings. The monoisotopic (exact) mass is 431 g/mol. The molecule has 0 saturated carbocycles. The summed E-state index contributed by atoms with van der Waals surface area (Å²) in [5, 5.41) is 1.37. The molecule has 0 radical (unpaired) electrons. The highest BCUT2D eigenvalue weighted by molar-refractivity contribution is 8.00. The van der Waals surface area contributed by atoms with Gasteiger partial charge < -0.3 is 5.73 Å². The molecule has 7 nitrogen and oxygen atoms in total. The number of thioether (sulfide) groups is 1. The Morgan fingerprint density at radius 2 is 1.83 bits per heavy atom. The highest BCUT2D eigenvalue weighted by Gasteiger charge is 2.59. The third-order valence-corrected chi connectivity index (χ3v) is 5.51. The zero-order valence-electron chi connectivity index (χ0n) is 15.5. The van der Waals surface area contributed by atoms with Crippen LogP contribution in [0.5, 0.6) is 0 Å². The molecule has 2 fully saturated rings. The van der Waals surface area contributed by atoms with Crippen LogP contribution in [0.4, 0.5) is 13.2 Å². The molecule has 3 unspecified atom stereocenters. The van der Waals surface area contributed by atoms with Gasteiger partial charge in [0.15, 0.2) is 6.10 Å². The van der Waals surface area contributed by atoms with Crippen LogP contribution in [0, 0.1) is 5.92 Å². The predicted octanol–water partition coefficient (Wildman–Crippen LogP) is 2.23. The molecule has 158 valence electrons. The van der Waals surface area contributed by atoms with Gasteiger partial charge in [0, 0.05) is 24.4 Å². The second-order valence-corrected chi connectivity index (χ2v) is 7.94. The second-order valence-electron chi connectivity index (χ2n) is 6.80. The molecule has 0 aromatic heterocycles. The van der Waals surface area contributed by atoms with Gasteiger partial charge in [-0.25, -0.2) is 0 Å². The van der Waals surface area contributed by atoms with Gasteiger partial charge in [0.1, 0.15) is 0 Å². The first-order valence-electron chi connectivity index (χ1n) is 9.05. The van der Waals surface area contributed by atoms with Gasteiger partial charge in [-0.1, -0.05) is 19.1 Å². The summed E-state index contributed by atoms with van der Waals surface area (Å²) in [6.07, 6.45) is -0.480. The largest absolute Gasteiger partial charge is 0.446 e. The normalized spacial score (nSPS) is 25.0. The van der Waals surface area contributed by atoms with Crippen molar-refractivity contribution in [2.45, 2.75) is 42.3 Å². The van der Waals surface area contributed by atoms with Gasteiger partial charge in [-0.05, 0) is 35.9 Å². The van der Waals surface area contributed by atoms with Gasteiger partial charge in [0.05, 0.1) is 12.0 Å². The molecule has 2 heterocycles.